The van der Waals surface area contributed by atoms with Crippen LogP contribution in [0.5, 0.6) is 0 Å². The van der Waals surface area contributed by atoms with Gasteiger partial charge in [0.25, 0.3) is 5.91 Å². The van der Waals surface area contributed by atoms with Gasteiger partial charge < -0.3 is 10.2 Å². The molecule has 1 fully saturated rings. The van der Waals surface area contributed by atoms with Crippen molar-refractivity contribution in [2.75, 3.05) is 13.1 Å². The maximum atomic E-state index is 13.3. The molecule has 1 aliphatic heterocycles. The molecule has 0 aliphatic carbocycles. The lowest BCUT2D eigenvalue weighted by Crippen LogP contribution is -2.45. The fraction of sp³-hybridized carbons (Fsp3) is 0.318. The molecule has 1 saturated heterocycles. The average Bonchev–Trinajstić information content (AvgIpc) is 2.98. The highest BCUT2D eigenvalue weighted by atomic mass is 19.1. The van der Waals surface area contributed by atoms with Crippen LogP contribution in [-0.4, -0.2) is 40.7 Å². The van der Waals surface area contributed by atoms with Crippen molar-refractivity contribution >= 4 is 17.8 Å². The molecule has 0 aromatic heterocycles. The number of carbonyl (C=O) groups is 3. The van der Waals surface area contributed by atoms with Gasteiger partial charge in [-0.05, 0) is 36.6 Å². The largest absolute Gasteiger partial charge is 0.337 e. The van der Waals surface area contributed by atoms with Crippen LogP contribution in [-0.2, 0) is 21.7 Å². The van der Waals surface area contributed by atoms with Crippen LogP contribution in [0.2, 0.25) is 0 Å². The third kappa shape index (κ3) is 3.99. The van der Waals surface area contributed by atoms with Gasteiger partial charge >= 0.3 is 6.03 Å². The monoisotopic (exact) mass is 397 g/mol. The predicted molar refractivity (Wildman–Crippen MR) is 106 cm³/mol. The summed E-state index contributed by atoms with van der Waals surface area (Å²) in [6.07, 6.45) is 0.287. The van der Waals surface area contributed by atoms with Crippen LogP contribution in [0.15, 0.2) is 54.6 Å². The van der Waals surface area contributed by atoms with E-state index in [1.807, 2.05) is 37.3 Å². The number of halogens is 1. The fourth-order valence-electron chi connectivity index (χ4n) is 3.56. The van der Waals surface area contributed by atoms with E-state index < -0.39 is 23.3 Å². The third-order valence-electron chi connectivity index (χ3n) is 5.29. The number of amides is 4. The van der Waals surface area contributed by atoms with Crippen molar-refractivity contribution in [2.24, 2.45) is 0 Å². The van der Waals surface area contributed by atoms with E-state index in [0.717, 1.165) is 10.5 Å². The summed E-state index contributed by atoms with van der Waals surface area (Å²) in [5.41, 5.74) is 0.169. The van der Waals surface area contributed by atoms with Crippen LogP contribution < -0.4 is 5.32 Å². The first-order valence-corrected chi connectivity index (χ1v) is 9.63. The number of nitrogens with zero attached hydrogens (tertiary/aromatic N) is 2. The first-order chi connectivity index (χ1) is 13.9. The van der Waals surface area contributed by atoms with Crippen LogP contribution >= 0.6 is 0 Å². The molecule has 4 amide bonds. The molecule has 29 heavy (non-hydrogen) atoms. The minimum atomic E-state index is -1.29. The van der Waals surface area contributed by atoms with Crippen LogP contribution in [0.1, 0.15) is 31.4 Å². The summed E-state index contributed by atoms with van der Waals surface area (Å²) < 4.78 is 13.3. The lowest BCUT2D eigenvalue weighted by atomic mass is 9.87. The van der Waals surface area contributed by atoms with Crippen molar-refractivity contribution < 1.29 is 18.8 Å². The molecule has 2 aromatic carbocycles. The highest BCUT2D eigenvalue weighted by Crippen LogP contribution is 2.32. The van der Waals surface area contributed by atoms with E-state index in [4.69, 9.17) is 0 Å². The van der Waals surface area contributed by atoms with E-state index in [2.05, 4.69) is 5.32 Å². The summed E-state index contributed by atoms with van der Waals surface area (Å²) in [5.74, 6) is -1.24. The normalized spacial score (nSPS) is 18.7. The Bertz CT molecular complexity index is 901. The van der Waals surface area contributed by atoms with Gasteiger partial charge in [-0.15, -0.1) is 0 Å². The maximum absolute atomic E-state index is 13.3. The molecular formula is C22H24FN3O3. The number of likely N-dealkylation sites (N-methyl/N-ethyl adjacent to an activating group) is 1. The molecule has 1 N–H and O–H groups in total. The number of benzene rings is 2. The van der Waals surface area contributed by atoms with Gasteiger partial charge in [0.1, 0.15) is 17.9 Å². The first-order valence-electron chi connectivity index (χ1n) is 9.63. The predicted octanol–water partition coefficient (Wildman–Crippen LogP) is 3.03. The molecule has 7 heteroatoms. The van der Waals surface area contributed by atoms with Gasteiger partial charge in [0.05, 0.1) is 0 Å². The zero-order chi connectivity index (χ0) is 21.0. The minimum Gasteiger partial charge on any atom is -0.337 e. The van der Waals surface area contributed by atoms with Crippen molar-refractivity contribution in [2.45, 2.75) is 32.4 Å². The van der Waals surface area contributed by atoms with Gasteiger partial charge in [-0.25, -0.2) is 9.18 Å². The van der Waals surface area contributed by atoms with Crippen molar-refractivity contribution in [1.29, 1.82) is 0 Å². The molecule has 1 atom stereocenters. The standard InChI is InChI=1S/C22H24FN3O3/c1-3-22(17-10-12-18(23)13-11-17)20(28)26(21(29)24-22)15-19(27)25(4-2)14-16-8-6-5-7-9-16/h5-13H,3-4,14-15H2,1-2H3,(H,24,29)/t22-/m1/s1. The number of hydrogen-bond donors (Lipinski definition) is 1. The third-order valence-corrected chi connectivity index (χ3v) is 5.29. The van der Waals surface area contributed by atoms with E-state index in [1.165, 1.54) is 24.3 Å². The van der Waals surface area contributed by atoms with Gasteiger partial charge in [0, 0.05) is 13.1 Å². The first kappa shape index (κ1) is 20.5. The molecule has 1 aliphatic rings. The molecule has 2 aromatic rings. The summed E-state index contributed by atoms with van der Waals surface area (Å²) in [4.78, 5) is 41.0. The second-order valence-corrected chi connectivity index (χ2v) is 6.98. The smallest absolute Gasteiger partial charge is 0.325 e. The summed E-state index contributed by atoms with van der Waals surface area (Å²) in [6, 6.07) is 14.4. The van der Waals surface area contributed by atoms with Crippen molar-refractivity contribution in [3.8, 4) is 0 Å². The Morgan fingerprint density at radius 3 is 2.31 bits per heavy atom. The number of hydrogen-bond acceptors (Lipinski definition) is 3. The topological polar surface area (TPSA) is 69.7 Å². The SMILES string of the molecule is CCN(Cc1ccccc1)C(=O)CN1C(=O)N[C@](CC)(c2ccc(F)cc2)C1=O. The molecule has 3 rings (SSSR count). The van der Waals surface area contributed by atoms with Crippen LogP contribution in [0.3, 0.4) is 0 Å². The van der Waals surface area contributed by atoms with Crippen molar-refractivity contribution in [3.63, 3.8) is 0 Å². The van der Waals surface area contributed by atoms with Crippen LogP contribution in [0.25, 0.3) is 0 Å². The number of carbonyl (C=O) groups excluding carboxylic acids is 3. The van der Waals surface area contributed by atoms with E-state index in [1.54, 1.807) is 11.8 Å². The second kappa shape index (κ2) is 8.43. The molecule has 0 radical (unpaired) electrons. The molecule has 6 nitrogen and oxygen atoms in total. The molecular weight excluding hydrogens is 373 g/mol. The van der Waals surface area contributed by atoms with Crippen LogP contribution in [0.4, 0.5) is 9.18 Å². The molecule has 0 saturated carbocycles. The Kier molecular flexibility index (Phi) is 5.96. The Hall–Kier alpha value is -3.22. The molecule has 0 bridgehead atoms. The molecule has 1 heterocycles. The highest BCUT2D eigenvalue weighted by Gasteiger charge is 2.51. The lowest BCUT2D eigenvalue weighted by molar-refractivity contribution is -0.139. The van der Waals surface area contributed by atoms with E-state index in [0.29, 0.717) is 18.7 Å². The zero-order valence-corrected chi connectivity index (χ0v) is 16.5. The lowest BCUT2D eigenvalue weighted by Gasteiger charge is -2.26. The van der Waals surface area contributed by atoms with Gasteiger partial charge in [-0.1, -0.05) is 49.4 Å². The van der Waals surface area contributed by atoms with Crippen molar-refractivity contribution in [1.82, 2.24) is 15.1 Å². The summed E-state index contributed by atoms with van der Waals surface area (Å²) in [6.45, 7) is 4.13. The maximum Gasteiger partial charge on any atom is 0.325 e. The Balaban J connectivity index is 1.78. The van der Waals surface area contributed by atoms with Gasteiger partial charge in [-0.2, -0.15) is 0 Å². The summed E-state index contributed by atoms with van der Waals surface area (Å²) in [7, 11) is 0. The number of rotatable bonds is 7. The fourth-order valence-corrected chi connectivity index (χ4v) is 3.56. The van der Waals surface area contributed by atoms with E-state index in [-0.39, 0.29) is 18.9 Å². The Morgan fingerprint density at radius 2 is 1.72 bits per heavy atom. The Labute approximate surface area is 169 Å². The van der Waals surface area contributed by atoms with Crippen molar-refractivity contribution in [3.05, 3.63) is 71.5 Å². The number of nitrogens with one attached hydrogen (secondary N) is 1. The van der Waals surface area contributed by atoms with Gasteiger partial charge in [-0.3, -0.25) is 14.5 Å². The average molecular weight is 397 g/mol. The number of imide groups is 1. The zero-order valence-electron chi connectivity index (χ0n) is 16.5. The van der Waals surface area contributed by atoms with Crippen LogP contribution in [0, 0.1) is 5.82 Å². The van der Waals surface area contributed by atoms with E-state index >= 15 is 0 Å². The molecule has 152 valence electrons. The van der Waals surface area contributed by atoms with E-state index in [9.17, 15) is 18.8 Å². The summed E-state index contributed by atoms with van der Waals surface area (Å²) >= 11 is 0. The molecule has 0 spiro atoms. The second-order valence-electron chi connectivity index (χ2n) is 6.98. The molecule has 0 unspecified atom stereocenters. The number of urea groups is 1. The quantitative estimate of drug-likeness (QED) is 0.730. The highest BCUT2D eigenvalue weighted by molar-refractivity contribution is 6.09. The minimum absolute atomic E-state index is 0.287. The van der Waals surface area contributed by atoms with Gasteiger partial charge in [0.2, 0.25) is 5.91 Å². The Morgan fingerprint density at radius 1 is 1.07 bits per heavy atom. The summed E-state index contributed by atoms with van der Waals surface area (Å²) in [5, 5.41) is 2.71. The van der Waals surface area contributed by atoms with Gasteiger partial charge in [0.15, 0.2) is 0 Å².